The highest BCUT2D eigenvalue weighted by molar-refractivity contribution is 5.96. The van der Waals surface area contributed by atoms with Gasteiger partial charge in [0.1, 0.15) is 5.82 Å². The van der Waals surface area contributed by atoms with Gasteiger partial charge in [-0.05, 0) is 61.0 Å². The molecule has 0 unspecified atom stereocenters. The maximum absolute atomic E-state index is 12.9. The maximum Gasteiger partial charge on any atom is 0.254 e. The van der Waals surface area contributed by atoms with Crippen molar-refractivity contribution in [3.63, 3.8) is 0 Å². The number of rotatable bonds is 7. The van der Waals surface area contributed by atoms with Crippen LogP contribution < -0.4 is 5.32 Å². The number of hydrogen-bond acceptors (Lipinski definition) is 2. The summed E-state index contributed by atoms with van der Waals surface area (Å²) in [6.07, 6.45) is 3.86. The first-order valence-electron chi connectivity index (χ1n) is 9.10. The molecule has 3 rings (SSSR count). The van der Waals surface area contributed by atoms with Crippen molar-refractivity contribution in [3.05, 3.63) is 90.0 Å². The summed E-state index contributed by atoms with van der Waals surface area (Å²) in [5.74, 6) is -0.775. The van der Waals surface area contributed by atoms with Gasteiger partial charge in [0.05, 0.1) is 6.54 Å². The van der Waals surface area contributed by atoms with Crippen molar-refractivity contribution in [1.82, 2.24) is 14.8 Å². The monoisotopic (exact) mass is 379 g/mol. The van der Waals surface area contributed by atoms with Gasteiger partial charge in [-0.15, -0.1) is 0 Å². The van der Waals surface area contributed by atoms with Gasteiger partial charge in [0.25, 0.3) is 5.91 Å². The quantitative estimate of drug-likeness (QED) is 0.684. The van der Waals surface area contributed by atoms with Crippen LogP contribution in [0.4, 0.5) is 4.39 Å². The Kier molecular flexibility index (Phi) is 6.22. The van der Waals surface area contributed by atoms with Crippen LogP contribution in [0.3, 0.4) is 0 Å². The lowest BCUT2D eigenvalue weighted by Crippen LogP contribution is -2.40. The number of carbonyl (C=O) groups is 2. The number of likely N-dealkylation sites (N-methyl/N-ethyl adjacent to an activating group) is 1. The number of nitrogens with zero attached hydrogens (tertiary/aromatic N) is 2. The van der Waals surface area contributed by atoms with E-state index < -0.39 is 0 Å². The number of amides is 2. The zero-order valence-corrected chi connectivity index (χ0v) is 15.6. The van der Waals surface area contributed by atoms with Crippen LogP contribution in [0.25, 0.3) is 5.69 Å². The van der Waals surface area contributed by atoms with Crippen molar-refractivity contribution >= 4 is 11.8 Å². The molecule has 0 bridgehead atoms. The third-order valence-electron chi connectivity index (χ3n) is 4.42. The van der Waals surface area contributed by atoms with Crippen LogP contribution in [0, 0.1) is 5.82 Å². The molecule has 0 saturated heterocycles. The van der Waals surface area contributed by atoms with Gasteiger partial charge in [-0.3, -0.25) is 9.59 Å². The van der Waals surface area contributed by atoms with E-state index in [-0.39, 0.29) is 30.7 Å². The minimum Gasteiger partial charge on any atom is -0.350 e. The SMILES string of the molecule is CCN(CC(=O)NCc1ccc(F)cc1)C(=O)c1ccc(-n2cccc2)cc1. The largest absolute Gasteiger partial charge is 0.350 e. The third-order valence-corrected chi connectivity index (χ3v) is 4.42. The van der Waals surface area contributed by atoms with Crippen molar-refractivity contribution < 1.29 is 14.0 Å². The van der Waals surface area contributed by atoms with E-state index in [0.717, 1.165) is 11.3 Å². The lowest BCUT2D eigenvalue weighted by atomic mass is 10.1. The van der Waals surface area contributed by atoms with Gasteiger partial charge in [0, 0.05) is 36.7 Å². The predicted molar refractivity (Wildman–Crippen MR) is 106 cm³/mol. The van der Waals surface area contributed by atoms with Crippen LogP contribution in [0.1, 0.15) is 22.8 Å². The summed E-state index contributed by atoms with van der Waals surface area (Å²) in [5.41, 5.74) is 2.29. The van der Waals surface area contributed by atoms with E-state index in [4.69, 9.17) is 0 Å². The highest BCUT2D eigenvalue weighted by atomic mass is 19.1. The molecule has 0 spiro atoms. The number of carbonyl (C=O) groups excluding carboxylic acids is 2. The summed E-state index contributed by atoms with van der Waals surface area (Å²) in [6, 6.07) is 17.1. The highest BCUT2D eigenvalue weighted by Gasteiger charge is 2.17. The van der Waals surface area contributed by atoms with E-state index in [9.17, 15) is 14.0 Å². The molecule has 0 fully saturated rings. The van der Waals surface area contributed by atoms with Crippen LogP contribution in [-0.4, -0.2) is 34.4 Å². The highest BCUT2D eigenvalue weighted by Crippen LogP contribution is 2.12. The fraction of sp³-hybridized carbons (Fsp3) is 0.182. The van der Waals surface area contributed by atoms with Crippen molar-refractivity contribution in [3.8, 4) is 5.69 Å². The Balaban J connectivity index is 1.58. The van der Waals surface area contributed by atoms with E-state index in [2.05, 4.69) is 5.32 Å². The van der Waals surface area contributed by atoms with Crippen LogP contribution in [0.5, 0.6) is 0 Å². The molecular weight excluding hydrogens is 357 g/mol. The second kappa shape index (κ2) is 8.99. The molecule has 0 radical (unpaired) electrons. The van der Waals surface area contributed by atoms with Crippen molar-refractivity contribution in [2.45, 2.75) is 13.5 Å². The lowest BCUT2D eigenvalue weighted by molar-refractivity contribution is -0.121. The van der Waals surface area contributed by atoms with E-state index >= 15 is 0 Å². The Morgan fingerprint density at radius 1 is 1.00 bits per heavy atom. The van der Waals surface area contributed by atoms with Gasteiger partial charge >= 0.3 is 0 Å². The number of hydrogen-bond donors (Lipinski definition) is 1. The Labute approximate surface area is 163 Å². The Morgan fingerprint density at radius 3 is 2.25 bits per heavy atom. The molecular formula is C22H22FN3O2. The van der Waals surface area contributed by atoms with Crippen molar-refractivity contribution in [2.24, 2.45) is 0 Å². The first-order chi connectivity index (χ1) is 13.6. The average Bonchev–Trinajstić information content (AvgIpc) is 3.26. The number of aromatic nitrogens is 1. The molecule has 2 aromatic carbocycles. The fourth-order valence-electron chi connectivity index (χ4n) is 2.82. The van der Waals surface area contributed by atoms with Crippen LogP contribution >= 0.6 is 0 Å². The summed E-state index contributed by atoms with van der Waals surface area (Å²) in [5, 5.41) is 2.76. The number of halogens is 1. The molecule has 3 aromatic rings. The van der Waals surface area contributed by atoms with Gasteiger partial charge in [0.15, 0.2) is 0 Å². The molecule has 5 nitrogen and oxygen atoms in total. The minimum absolute atomic E-state index is 0.0319. The molecule has 0 aliphatic carbocycles. The zero-order chi connectivity index (χ0) is 19.9. The van der Waals surface area contributed by atoms with E-state index in [1.807, 2.05) is 48.1 Å². The van der Waals surface area contributed by atoms with Gasteiger partial charge in [0.2, 0.25) is 5.91 Å². The molecule has 0 saturated carbocycles. The minimum atomic E-state index is -0.319. The van der Waals surface area contributed by atoms with Gasteiger partial charge in [-0.1, -0.05) is 12.1 Å². The first kappa shape index (κ1) is 19.4. The van der Waals surface area contributed by atoms with E-state index in [0.29, 0.717) is 12.1 Å². The smallest absolute Gasteiger partial charge is 0.254 e. The van der Waals surface area contributed by atoms with Crippen molar-refractivity contribution in [1.29, 1.82) is 0 Å². The number of nitrogens with one attached hydrogen (secondary N) is 1. The Bertz CT molecular complexity index is 919. The van der Waals surface area contributed by atoms with Crippen molar-refractivity contribution in [2.75, 3.05) is 13.1 Å². The second-order valence-corrected chi connectivity index (χ2v) is 6.36. The molecule has 28 heavy (non-hydrogen) atoms. The van der Waals surface area contributed by atoms with Gasteiger partial charge in [-0.2, -0.15) is 0 Å². The standard InChI is InChI=1S/C22H22FN3O2/c1-2-25(16-21(27)24-15-17-5-9-19(23)10-6-17)22(28)18-7-11-20(12-8-18)26-13-3-4-14-26/h3-14H,2,15-16H2,1H3,(H,24,27). The maximum atomic E-state index is 12.9. The van der Waals surface area contributed by atoms with Crippen LogP contribution in [-0.2, 0) is 11.3 Å². The summed E-state index contributed by atoms with van der Waals surface area (Å²) >= 11 is 0. The molecule has 6 heteroatoms. The van der Waals surface area contributed by atoms with Crippen LogP contribution in [0.15, 0.2) is 73.1 Å². The summed E-state index contributed by atoms with van der Waals surface area (Å²) < 4.78 is 14.9. The normalized spacial score (nSPS) is 10.5. The lowest BCUT2D eigenvalue weighted by Gasteiger charge is -2.20. The van der Waals surface area contributed by atoms with Gasteiger partial charge < -0.3 is 14.8 Å². The molecule has 0 atom stereocenters. The molecule has 1 N–H and O–H groups in total. The van der Waals surface area contributed by atoms with Crippen LogP contribution in [0.2, 0.25) is 0 Å². The number of benzene rings is 2. The summed E-state index contributed by atoms with van der Waals surface area (Å²) in [7, 11) is 0. The topological polar surface area (TPSA) is 54.3 Å². The van der Waals surface area contributed by atoms with Gasteiger partial charge in [-0.25, -0.2) is 4.39 Å². The predicted octanol–water partition coefficient (Wildman–Crippen LogP) is 3.39. The van der Waals surface area contributed by atoms with E-state index in [1.165, 1.54) is 17.0 Å². The fourth-order valence-corrected chi connectivity index (χ4v) is 2.82. The molecule has 0 aliphatic heterocycles. The molecule has 1 heterocycles. The summed E-state index contributed by atoms with van der Waals surface area (Å²) in [4.78, 5) is 26.4. The average molecular weight is 379 g/mol. The first-order valence-corrected chi connectivity index (χ1v) is 9.10. The molecule has 1 aromatic heterocycles. The van der Waals surface area contributed by atoms with E-state index in [1.54, 1.807) is 24.3 Å². The second-order valence-electron chi connectivity index (χ2n) is 6.36. The molecule has 0 aliphatic rings. The Hall–Kier alpha value is -3.41. The molecule has 144 valence electrons. The zero-order valence-electron chi connectivity index (χ0n) is 15.6. The Morgan fingerprint density at radius 2 is 1.64 bits per heavy atom. The summed E-state index contributed by atoms with van der Waals surface area (Å²) in [6.45, 7) is 2.51. The molecule has 2 amide bonds. The third kappa shape index (κ3) is 4.85.